The van der Waals surface area contributed by atoms with Crippen molar-refractivity contribution in [3.63, 3.8) is 0 Å². The highest BCUT2D eigenvalue weighted by Crippen LogP contribution is 2.36. The Labute approximate surface area is 209 Å². The van der Waals surface area contributed by atoms with Gasteiger partial charge in [0, 0.05) is 17.7 Å². The highest BCUT2D eigenvalue weighted by atomic mass is 127. The molecule has 34 heavy (non-hydrogen) atoms. The molecule has 0 saturated carbocycles. The fraction of sp³-hybridized carbons (Fsp3) is 0.120. The van der Waals surface area contributed by atoms with Gasteiger partial charge in [0.1, 0.15) is 6.61 Å². The van der Waals surface area contributed by atoms with Gasteiger partial charge >= 0.3 is 5.97 Å². The van der Waals surface area contributed by atoms with Gasteiger partial charge in [-0.05, 0) is 71.0 Å². The molecule has 0 aromatic heterocycles. The molecule has 0 unspecified atom stereocenters. The molecular weight excluding hydrogens is 551 g/mol. The number of carbonyl (C=O) groups excluding carboxylic acids is 1. The summed E-state index contributed by atoms with van der Waals surface area (Å²) in [7, 11) is 0. The number of rotatable bonds is 8. The van der Waals surface area contributed by atoms with Crippen molar-refractivity contribution < 1.29 is 23.9 Å². The molecule has 4 rings (SSSR count). The minimum absolute atomic E-state index is 0.0583. The number of halogens is 1. The van der Waals surface area contributed by atoms with Crippen LogP contribution in [0, 0.1) is 13.7 Å². The number of hydrogen-bond acceptors (Lipinski definition) is 7. The standard InChI is InChI=1S/C25H19IN2O6/c1-2-32-22-14-17(12-20(26)23(22)33-15-16-6-4-3-5-7-16)13-21-25(29)34-24(27-21)18-8-10-19(11-9-18)28(30)31/h3-14H,2,15H2,1H3/b21-13-. The molecule has 172 valence electrons. The third kappa shape index (κ3) is 5.42. The van der Waals surface area contributed by atoms with E-state index >= 15 is 0 Å². The Kier molecular flexibility index (Phi) is 7.21. The molecule has 0 saturated heterocycles. The van der Waals surface area contributed by atoms with Gasteiger partial charge in [-0.2, -0.15) is 0 Å². The van der Waals surface area contributed by atoms with E-state index in [2.05, 4.69) is 27.6 Å². The first kappa shape index (κ1) is 23.4. The number of nitro benzene ring substituents is 1. The summed E-state index contributed by atoms with van der Waals surface area (Å²) < 4.78 is 17.9. The number of non-ortho nitro benzene ring substituents is 1. The number of nitrogens with zero attached hydrogens (tertiary/aromatic N) is 2. The van der Waals surface area contributed by atoms with E-state index in [9.17, 15) is 14.9 Å². The maximum Gasteiger partial charge on any atom is 0.363 e. The van der Waals surface area contributed by atoms with Crippen molar-refractivity contribution in [2.24, 2.45) is 4.99 Å². The smallest absolute Gasteiger partial charge is 0.363 e. The number of nitro groups is 1. The first-order chi connectivity index (χ1) is 16.4. The van der Waals surface area contributed by atoms with Crippen LogP contribution < -0.4 is 9.47 Å². The van der Waals surface area contributed by atoms with E-state index in [1.165, 1.54) is 24.3 Å². The number of hydrogen-bond donors (Lipinski definition) is 0. The van der Waals surface area contributed by atoms with E-state index in [1.54, 1.807) is 12.1 Å². The van der Waals surface area contributed by atoms with Crippen LogP contribution in [0.5, 0.6) is 11.5 Å². The number of carbonyl (C=O) groups is 1. The van der Waals surface area contributed by atoms with Gasteiger partial charge in [-0.25, -0.2) is 9.79 Å². The molecule has 0 bridgehead atoms. The number of benzene rings is 3. The molecule has 0 aliphatic carbocycles. The first-order valence-electron chi connectivity index (χ1n) is 10.3. The first-order valence-corrected chi connectivity index (χ1v) is 11.4. The molecule has 0 atom stereocenters. The summed E-state index contributed by atoms with van der Waals surface area (Å²) >= 11 is 2.17. The molecule has 0 spiro atoms. The second-order valence-electron chi connectivity index (χ2n) is 7.18. The molecule has 0 fully saturated rings. The zero-order valence-electron chi connectivity index (χ0n) is 18.1. The summed E-state index contributed by atoms with van der Waals surface area (Å²) in [5.41, 5.74) is 2.26. The highest BCUT2D eigenvalue weighted by molar-refractivity contribution is 14.1. The maximum atomic E-state index is 12.4. The van der Waals surface area contributed by atoms with Crippen molar-refractivity contribution in [2.75, 3.05) is 6.61 Å². The monoisotopic (exact) mass is 570 g/mol. The van der Waals surface area contributed by atoms with Crippen LogP contribution in [0.3, 0.4) is 0 Å². The summed E-state index contributed by atoms with van der Waals surface area (Å²) in [6.45, 7) is 2.73. The zero-order chi connectivity index (χ0) is 24.1. The Bertz CT molecular complexity index is 1290. The predicted molar refractivity (Wildman–Crippen MR) is 135 cm³/mol. The van der Waals surface area contributed by atoms with Gasteiger partial charge in [0.05, 0.1) is 15.1 Å². The molecular formula is C25H19IN2O6. The number of esters is 1. The van der Waals surface area contributed by atoms with Crippen molar-refractivity contribution in [1.82, 2.24) is 0 Å². The third-order valence-electron chi connectivity index (χ3n) is 4.81. The molecule has 0 N–H and O–H groups in total. The van der Waals surface area contributed by atoms with E-state index < -0.39 is 10.9 Å². The largest absolute Gasteiger partial charge is 0.490 e. The molecule has 0 amide bonds. The molecule has 1 aliphatic heterocycles. The van der Waals surface area contributed by atoms with Crippen LogP contribution >= 0.6 is 22.6 Å². The Morgan fingerprint density at radius 3 is 2.50 bits per heavy atom. The number of ether oxygens (including phenoxy) is 3. The quantitative estimate of drug-likeness (QED) is 0.116. The average molecular weight is 570 g/mol. The van der Waals surface area contributed by atoms with Crippen molar-refractivity contribution in [3.8, 4) is 11.5 Å². The molecule has 0 radical (unpaired) electrons. The van der Waals surface area contributed by atoms with Crippen LogP contribution in [-0.4, -0.2) is 23.4 Å². The van der Waals surface area contributed by atoms with Crippen LogP contribution in [0.1, 0.15) is 23.6 Å². The fourth-order valence-corrected chi connectivity index (χ4v) is 4.00. The topological polar surface area (TPSA) is 100 Å². The summed E-state index contributed by atoms with van der Waals surface area (Å²) in [6.07, 6.45) is 1.60. The maximum absolute atomic E-state index is 12.4. The zero-order valence-corrected chi connectivity index (χ0v) is 20.2. The summed E-state index contributed by atoms with van der Waals surface area (Å²) in [6, 6.07) is 19.1. The Hall–Kier alpha value is -3.73. The minimum Gasteiger partial charge on any atom is -0.490 e. The Morgan fingerprint density at radius 1 is 1.09 bits per heavy atom. The van der Waals surface area contributed by atoms with E-state index in [0.29, 0.717) is 35.8 Å². The lowest BCUT2D eigenvalue weighted by Crippen LogP contribution is -2.05. The van der Waals surface area contributed by atoms with E-state index in [-0.39, 0.29) is 17.3 Å². The predicted octanol–water partition coefficient (Wildman–Crippen LogP) is 5.52. The van der Waals surface area contributed by atoms with Crippen LogP contribution in [0.15, 0.2) is 77.4 Å². The summed E-state index contributed by atoms with van der Waals surface area (Å²) in [5.74, 6) is 0.667. The van der Waals surface area contributed by atoms with Crippen molar-refractivity contribution in [1.29, 1.82) is 0 Å². The van der Waals surface area contributed by atoms with Crippen molar-refractivity contribution in [3.05, 3.63) is 103 Å². The normalized spacial score (nSPS) is 14.0. The van der Waals surface area contributed by atoms with Gasteiger partial charge in [0.25, 0.3) is 5.69 Å². The van der Waals surface area contributed by atoms with Crippen LogP contribution in [0.25, 0.3) is 6.08 Å². The third-order valence-corrected chi connectivity index (χ3v) is 5.61. The van der Waals surface area contributed by atoms with Gasteiger partial charge in [-0.15, -0.1) is 0 Å². The second kappa shape index (κ2) is 10.5. The molecule has 1 aliphatic rings. The van der Waals surface area contributed by atoms with E-state index in [0.717, 1.165) is 9.13 Å². The van der Waals surface area contributed by atoms with Gasteiger partial charge in [-0.3, -0.25) is 10.1 Å². The van der Waals surface area contributed by atoms with Crippen molar-refractivity contribution in [2.45, 2.75) is 13.5 Å². The summed E-state index contributed by atoms with van der Waals surface area (Å²) in [5, 5.41) is 10.8. The molecule has 3 aromatic carbocycles. The van der Waals surface area contributed by atoms with E-state index in [1.807, 2.05) is 43.3 Å². The average Bonchev–Trinajstić information content (AvgIpc) is 3.19. The second-order valence-corrected chi connectivity index (χ2v) is 8.34. The van der Waals surface area contributed by atoms with Gasteiger partial charge < -0.3 is 14.2 Å². The molecule has 9 heteroatoms. The molecule has 8 nitrogen and oxygen atoms in total. The number of aliphatic imine (C=N–C) groups is 1. The molecule has 3 aromatic rings. The van der Waals surface area contributed by atoms with Gasteiger partial charge in [0.2, 0.25) is 5.90 Å². The lowest BCUT2D eigenvalue weighted by Gasteiger charge is -2.15. The minimum atomic E-state index is -0.606. The van der Waals surface area contributed by atoms with E-state index in [4.69, 9.17) is 14.2 Å². The van der Waals surface area contributed by atoms with Crippen LogP contribution in [0.2, 0.25) is 0 Å². The van der Waals surface area contributed by atoms with Gasteiger partial charge in [0.15, 0.2) is 17.2 Å². The van der Waals surface area contributed by atoms with Crippen molar-refractivity contribution >= 4 is 46.2 Å². The summed E-state index contributed by atoms with van der Waals surface area (Å²) in [4.78, 5) is 27.0. The highest BCUT2D eigenvalue weighted by Gasteiger charge is 2.25. The Morgan fingerprint density at radius 2 is 1.82 bits per heavy atom. The van der Waals surface area contributed by atoms with Crippen LogP contribution in [0.4, 0.5) is 5.69 Å². The fourth-order valence-electron chi connectivity index (χ4n) is 3.22. The Balaban J connectivity index is 1.60. The SMILES string of the molecule is CCOc1cc(/C=C2\N=C(c3ccc([N+](=O)[O-])cc3)OC2=O)cc(I)c1OCc1ccccc1. The van der Waals surface area contributed by atoms with Crippen LogP contribution in [-0.2, 0) is 16.1 Å². The van der Waals surface area contributed by atoms with Gasteiger partial charge in [-0.1, -0.05) is 30.3 Å². The lowest BCUT2D eigenvalue weighted by atomic mass is 10.1. The lowest BCUT2D eigenvalue weighted by molar-refractivity contribution is -0.384. The number of cyclic esters (lactones) is 1. The molecule has 1 heterocycles.